The van der Waals surface area contributed by atoms with Crippen LogP contribution in [0.5, 0.6) is 0 Å². The fourth-order valence-corrected chi connectivity index (χ4v) is 1.28. The summed E-state index contributed by atoms with van der Waals surface area (Å²) in [5.74, 6) is 0. The highest BCUT2D eigenvalue weighted by atomic mass is 16.5. The number of ether oxygens (including phenoxy) is 1. The summed E-state index contributed by atoms with van der Waals surface area (Å²) in [5, 5.41) is 9.04. The molecular weight excluding hydrogens is 118 g/mol. The molecule has 3 nitrogen and oxygen atoms in total. The van der Waals surface area contributed by atoms with Crippen molar-refractivity contribution in [1.29, 1.82) is 0 Å². The van der Waals surface area contributed by atoms with Gasteiger partial charge in [-0.1, -0.05) is 0 Å². The SMILES string of the molecule is COC1CC(O)CC1N. The van der Waals surface area contributed by atoms with E-state index in [1.807, 2.05) is 0 Å². The van der Waals surface area contributed by atoms with Crippen molar-refractivity contribution in [1.82, 2.24) is 0 Å². The molecule has 3 atom stereocenters. The second kappa shape index (κ2) is 2.64. The van der Waals surface area contributed by atoms with Crippen molar-refractivity contribution >= 4 is 0 Å². The van der Waals surface area contributed by atoms with Gasteiger partial charge in [0.1, 0.15) is 0 Å². The van der Waals surface area contributed by atoms with Crippen molar-refractivity contribution in [3.05, 3.63) is 0 Å². The zero-order valence-corrected chi connectivity index (χ0v) is 5.58. The van der Waals surface area contributed by atoms with Gasteiger partial charge in [0.15, 0.2) is 0 Å². The molecule has 1 saturated carbocycles. The zero-order valence-electron chi connectivity index (χ0n) is 5.58. The summed E-state index contributed by atoms with van der Waals surface area (Å²) in [4.78, 5) is 0. The Morgan fingerprint density at radius 1 is 1.56 bits per heavy atom. The predicted octanol–water partition coefficient (Wildman–Crippen LogP) is -0.517. The highest BCUT2D eigenvalue weighted by Crippen LogP contribution is 2.19. The van der Waals surface area contributed by atoms with E-state index in [2.05, 4.69) is 0 Å². The van der Waals surface area contributed by atoms with Gasteiger partial charge >= 0.3 is 0 Å². The zero-order chi connectivity index (χ0) is 6.85. The molecule has 9 heavy (non-hydrogen) atoms. The first kappa shape index (κ1) is 6.99. The molecule has 0 spiro atoms. The second-order valence-electron chi connectivity index (χ2n) is 2.56. The monoisotopic (exact) mass is 131 g/mol. The van der Waals surface area contributed by atoms with Crippen LogP contribution in [0.15, 0.2) is 0 Å². The van der Waals surface area contributed by atoms with Crippen molar-refractivity contribution in [3.8, 4) is 0 Å². The summed E-state index contributed by atoms with van der Waals surface area (Å²) in [6, 6.07) is 0.0324. The smallest absolute Gasteiger partial charge is 0.0747 e. The Kier molecular flexibility index (Phi) is 2.05. The van der Waals surface area contributed by atoms with Gasteiger partial charge in [0.05, 0.1) is 12.2 Å². The van der Waals surface area contributed by atoms with E-state index in [1.165, 1.54) is 0 Å². The van der Waals surface area contributed by atoms with Crippen molar-refractivity contribution in [3.63, 3.8) is 0 Å². The quantitative estimate of drug-likeness (QED) is 0.503. The molecule has 3 heteroatoms. The molecular formula is C6H13NO2. The molecule has 0 aromatic carbocycles. The van der Waals surface area contributed by atoms with Crippen LogP contribution in [-0.2, 0) is 4.74 Å². The summed E-state index contributed by atoms with van der Waals surface area (Å²) < 4.78 is 5.01. The molecule has 0 aromatic heterocycles. The standard InChI is InChI=1S/C6H13NO2/c1-9-6-3-4(8)2-5(6)7/h4-6,8H,2-3,7H2,1H3. The van der Waals surface area contributed by atoms with Crippen LogP contribution in [0.4, 0.5) is 0 Å². The molecule has 54 valence electrons. The van der Waals surface area contributed by atoms with Gasteiger partial charge in [-0.25, -0.2) is 0 Å². The van der Waals surface area contributed by atoms with Gasteiger partial charge in [0, 0.05) is 19.6 Å². The molecule has 0 amide bonds. The number of hydrogen-bond acceptors (Lipinski definition) is 3. The lowest BCUT2D eigenvalue weighted by atomic mass is 10.2. The van der Waals surface area contributed by atoms with Crippen LogP contribution < -0.4 is 5.73 Å². The number of hydrogen-bond donors (Lipinski definition) is 2. The van der Waals surface area contributed by atoms with Crippen molar-refractivity contribution in [2.24, 2.45) is 5.73 Å². The fraction of sp³-hybridized carbons (Fsp3) is 1.00. The third kappa shape index (κ3) is 1.41. The van der Waals surface area contributed by atoms with Gasteiger partial charge in [0.2, 0.25) is 0 Å². The van der Waals surface area contributed by atoms with Gasteiger partial charge in [0.25, 0.3) is 0 Å². The molecule has 1 aliphatic carbocycles. The van der Waals surface area contributed by atoms with E-state index in [1.54, 1.807) is 7.11 Å². The molecule has 1 aliphatic rings. The van der Waals surface area contributed by atoms with E-state index in [4.69, 9.17) is 15.6 Å². The first-order valence-electron chi connectivity index (χ1n) is 3.20. The Morgan fingerprint density at radius 3 is 2.44 bits per heavy atom. The molecule has 0 radical (unpaired) electrons. The number of aliphatic hydroxyl groups excluding tert-OH is 1. The minimum absolute atomic E-state index is 0.0324. The molecule has 0 aromatic rings. The second-order valence-corrected chi connectivity index (χ2v) is 2.56. The minimum atomic E-state index is -0.245. The molecule has 3 unspecified atom stereocenters. The maximum atomic E-state index is 9.04. The van der Waals surface area contributed by atoms with Crippen LogP contribution in [-0.4, -0.2) is 30.5 Å². The lowest BCUT2D eigenvalue weighted by molar-refractivity contribution is 0.0822. The van der Waals surface area contributed by atoms with Crippen LogP contribution in [0.1, 0.15) is 12.8 Å². The number of methoxy groups -OCH3 is 1. The third-order valence-electron chi connectivity index (χ3n) is 1.83. The molecule has 0 aliphatic heterocycles. The summed E-state index contributed by atoms with van der Waals surface area (Å²) >= 11 is 0. The molecule has 1 rings (SSSR count). The Balaban J connectivity index is 2.38. The van der Waals surface area contributed by atoms with Crippen molar-refractivity contribution < 1.29 is 9.84 Å². The third-order valence-corrected chi connectivity index (χ3v) is 1.83. The molecule has 3 N–H and O–H groups in total. The fourth-order valence-electron chi connectivity index (χ4n) is 1.28. The largest absolute Gasteiger partial charge is 0.393 e. The van der Waals surface area contributed by atoms with Crippen LogP contribution in [0.2, 0.25) is 0 Å². The van der Waals surface area contributed by atoms with E-state index in [0.29, 0.717) is 12.8 Å². The van der Waals surface area contributed by atoms with Crippen LogP contribution in [0.3, 0.4) is 0 Å². The van der Waals surface area contributed by atoms with Crippen LogP contribution in [0, 0.1) is 0 Å². The average Bonchev–Trinajstić information content (AvgIpc) is 2.10. The van der Waals surface area contributed by atoms with Gasteiger partial charge in [-0.3, -0.25) is 0 Å². The van der Waals surface area contributed by atoms with Gasteiger partial charge < -0.3 is 15.6 Å². The number of rotatable bonds is 1. The Morgan fingerprint density at radius 2 is 2.22 bits per heavy atom. The van der Waals surface area contributed by atoms with Gasteiger partial charge in [-0.2, -0.15) is 0 Å². The highest BCUT2D eigenvalue weighted by molar-refractivity contribution is 4.86. The minimum Gasteiger partial charge on any atom is -0.393 e. The maximum Gasteiger partial charge on any atom is 0.0747 e. The topological polar surface area (TPSA) is 55.5 Å². The normalized spacial score (nSPS) is 43.7. The Bertz CT molecular complexity index is 97.1. The van der Waals surface area contributed by atoms with E-state index >= 15 is 0 Å². The van der Waals surface area contributed by atoms with E-state index < -0.39 is 0 Å². The van der Waals surface area contributed by atoms with Crippen molar-refractivity contribution in [2.75, 3.05) is 7.11 Å². The molecule has 0 heterocycles. The summed E-state index contributed by atoms with van der Waals surface area (Å²) in [5.41, 5.74) is 5.59. The maximum absolute atomic E-state index is 9.04. The first-order valence-corrected chi connectivity index (χ1v) is 3.20. The number of nitrogens with two attached hydrogens (primary N) is 1. The highest BCUT2D eigenvalue weighted by Gasteiger charge is 2.29. The summed E-state index contributed by atoms with van der Waals surface area (Å²) in [6.07, 6.45) is 1.20. The van der Waals surface area contributed by atoms with Crippen molar-refractivity contribution in [2.45, 2.75) is 31.1 Å². The van der Waals surface area contributed by atoms with Crippen LogP contribution >= 0.6 is 0 Å². The first-order chi connectivity index (χ1) is 4.24. The van der Waals surface area contributed by atoms with E-state index in [-0.39, 0.29) is 18.2 Å². The van der Waals surface area contributed by atoms with E-state index in [0.717, 1.165) is 0 Å². The molecule has 1 fully saturated rings. The Labute approximate surface area is 54.8 Å². The average molecular weight is 131 g/mol. The lowest BCUT2D eigenvalue weighted by Crippen LogP contribution is -2.30. The lowest BCUT2D eigenvalue weighted by Gasteiger charge is -2.11. The van der Waals surface area contributed by atoms with Gasteiger partial charge in [-0.15, -0.1) is 0 Å². The number of aliphatic hydroxyl groups is 1. The van der Waals surface area contributed by atoms with Gasteiger partial charge in [-0.05, 0) is 6.42 Å². The Hall–Kier alpha value is -0.120. The summed E-state index contributed by atoms with van der Waals surface area (Å²) in [7, 11) is 1.63. The molecule has 0 bridgehead atoms. The molecule has 0 saturated heterocycles. The van der Waals surface area contributed by atoms with Crippen LogP contribution in [0.25, 0.3) is 0 Å². The summed E-state index contributed by atoms with van der Waals surface area (Å²) in [6.45, 7) is 0. The van der Waals surface area contributed by atoms with E-state index in [9.17, 15) is 0 Å². The predicted molar refractivity (Wildman–Crippen MR) is 34.0 cm³/mol.